The minimum Gasteiger partial charge on any atom is -0.291 e. The zero-order valence-electron chi connectivity index (χ0n) is 17.5. The molecule has 164 valence electrons. The van der Waals surface area contributed by atoms with Crippen LogP contribution in [0.3, 0.4) is 0 Å². The molecule has 0 spiro atoms. The minimum atomic E-state index is -3.67. The molecule has 0 amide bonds. The third-order valence-electron chi connectivity index (χ3n) is 6.69. The highest BCUT2D eigenvalue weighted by Crippen LogP contribution is 2.51. The summed E-state index contributed by atoms with van der Waals surface area (Å²) in [5.41, 5.74) is 2.27. The maximum atomic E-state index is 13.9. The van der Waals surface area contributed by atoms with Gasteiger partial charge in [0.15, 0.2) is 15.6 Å². The van der Waals surface area contributed by atoms with Gasteiger partial charge in [0.25, 0.3) is 0 Å². The van der Waals surface area contributed by atoms with Gasteiger partial charge in [-0.15, -0.1) is 0 Å². The second-order valence-corrected chi connectivity index (χ2v) is 11.2. The van der Waals surface area contributed by atoms with E-state index in [2.05, 4.69) is 10.1 Å². The Morgan fingerprint density at radius 2 is 2.06 bits per heavy atom. The summed E-state index contributed by atoms with van der Waals surface area (Å²) in [7, 11) is -1.79. The SMILES string of the molecule is Cn1ncc2c1C=C1CC[C@H](S(=O)(=O)c3cccc(Cl)c3)C[C@@]1(C(=O)c1ccccn1)C2. The maximum Gasteiger partial charge on any atom is 0.191 e. The molecule has 0 radical (unpaired) electrons. The number of allylic oxidation sites excluding steroid dienone is 1. The molecule has 2 aliphatic rings. The van der Waals surface area contributed by atoms with Crippen LogP contribution >= 0.6 is 11.6 Å². The van der Waals surface area contributed by atoms with Crippen LogP contribution in [0.4, 0.5) is 0 Å². The van der Waals surface area contributed by atoms with Crippen molar-refractivity contribution in [2.24, 2.45) is 12.5 Å². The topological polar surface area (TPSA) is 81.9 Å². The summed E-state index contributed by atoms with van der Waals surface area (Å²) in [4.78, 5) is 18.4. The second-order valence-electron chi connectivity index (χ2n) is 8.52. The van der Waals surface area contributed by atoms with E-state index in [-0.39, 0.29) is 17.1 Å². The lowest BCUT2D eigenvalue weighted by atomic mass is 9.61. The van der Waals surface area contributed by atoms with Crippen LogP contribution in [0.5, 0.6) is 0 Å². The van der Waals surface area contributed by atoms with E-state index in [0.717, 1.165) is 16.8 Å². The van der Waals surface area contributed by atoms with Crippen molar-refractivity contribution in [2.45, 2.75) is 35.8 Å². The molecule has 5 rings (SSSR count). The van der Waals surface area contributed by atoms with Crippen LogP contribution < -0.4 is 0 Å². The van der Waals surface area contributed by atoms with Gasteiger partial charge in [-0.1, -0.05) is 29.3 Å². The van der Waals surface area contributed by atoms with Crippen LogP contribution in [0.2, 0.25) is 5.02 Å². The molecule has 0 saturated heterocycles. The predicted molar refractivity (Wildman–Crippen MR) is 122 cm³/mol. The molecule has 32 heavy (non-hydrogen) atoms. The normalized spacial score (nSPS) is 22.6. The van der Waals surface area contributed by atoms with Gasteiger partial charge < -0.3 is 0 Å². The highest BCUT2D eigenvalue weighted by atomic mass is 35.5. The van der Waals surface area contributed by atoms with Gasteiger partial charge in [0.2, 0.25) is 0 Å². The van der Waals surface area contributed by atoms with Crippen molar-refractivity contribution < 1.29 is 13.2 Å². The summed E-state index contributed by atoms with van der Waals surface area (Å²) in [6.07, 6.45) is 6.98. The fraction of sp³-hybridized carbons (Fsp3) is 0.292. The van der Waals surface area contributed by atoms with Crippen LogP contribution in [0, 0.1) is 5.41 Å². The van der Waals surface area contributed by atoms with Gasteiger partial charge in [0.05, 0.1) is 27.5 Å². The van der Waals surface area contributed by atoms with Crippen molar-refractivity contribution in [1.29, 1.82) is 0 Å². The molecule has 2 atom stereocenters. The molecule has 0 bridgehead atoms. The van der Waals surface area contributed by atoms with Crippen molar-refractivity contribution in [1.82, 2.24) is 14.8 Å². The number of hydrogen-bond acceptors (Lipinski definition) is 5. The highest BCUT2D eigenvalue weighted by molar-refractivity contribution is 7.92. The van der Waals surface area contributed by atoms with Gasteiger partial charge in [-0.25, -0.2) is 8.42 Å². The lowest BCUT2D eigenvalue weighted by Gasteiger charge is -2.43. The number of carbonyl (C=O) groups is 1. The zero-order valence-corrected chi connectivity index (χ0v) is 19.1. The van der Waals surface area contributed by atoms with Crippen molar-refractivity contribution in [2.75, 3.05) is 0 Å². The molecule has 0 unspecified atom stereocenters. The van der Waals surface area contributed by atoms with Gasteiger partial charge in [0.1, 0.15) is 5.69 Å². The second kappa shape index (κ2) is 7.67. The standard InChI is InChI=1S/C24H22ClN3O3S/c1-28-22-11-17-8-9-20(32(30,31)19-6-4-5-18(25)12-19)14-24(17,13-16(22)15-27-28)23(29)21-7-2-3-10-26-21/h2-7,10-12,15,20H,8-9,13-14H2,1H3/t20-,24-/m0/s1. The number of Topliss-reactive ketones (excluding diaryl/α,β-unsaturated/α-hetero) is 1. The average Bonchev–Trinajstić information content (AvgIpc) is 3.16. The number of ketones is 1. The first kappa shape index (κ1) is 21.1. The molecule has 1 saturated carbocycles. The van der Waals surface area contributed by atoms with Gasteiger partial charge in [-0.2, -0.15) is 5.10 Å². The summed E-state index contributed by atoms with van der Waals surface area (Å²) in [5, 5.41) is 4.04. The number of aromatic nitrogens is 3. The van der Waals surface area contributed by atoms with Gasteiger partial charge in [0, 0.05) is 18.3 Å². The molecule has 0 N–H and O–H groups in total. The molecule has 6 nitrogen and oxygen atoms in total. The van der Waals surface area contributed by atoms with Crippen LogP contribution in [0.15, 0.2) is 65.3 Å². The number of nitrogens with zero attached hydrogens (tertiary/aromatic N) is 3. The van der Waals surface area contributed by atoms with E-state index in [9.17, 15) is 13.2 Å². The van der Waals surface area contributed by atoms with Crippen LogP contribution in [-0.2, 0) is 23.3 Å². The number of hydrogen-bond donors (Lipinski definition) is 0. The molecule has 0 aliphatic heterocycles. The van der Waals surface area contributed by atoms with Crippen molar-refractivity contribution in [3.05, 3.63) is 82.4 Å². The van der Waals surface area contributed by atoms with Gasteiger partial charge >= 0.3 is 0 Å². The largest absolute Gasteiger partial charge is 0.291 e. The quantitative estimate of drug-likeness (QED) is 0.534. The Hall–Kier alpha value is -2.77. The Labute approximate surface area is 191 Å². The third-order valence-corrected chi connectivity index (χ3v) is 9.12. The Morgan fingerprint density at radius 3 is 2.81 bits per heavy atom. The lowest BCUT2D eigenvalue weighted by Crippen LogP contribution is -2.45. The first-order valence-corrected chi connectivity index (χ1v) is 12.4. The Bertz CT molecular complexity index is 1350. The Balaban J connectivity index is 1.61. The van der Waals surface area contributed by atoms with Gasteiger partial charge in [-0.3, -0.25) is 14.5 Å². The number of carbonyl (C=O) groups excluding carboxylic acids is 1. The predicted octanol–water partition coefficient (Wildman–Crippen LogP) is 4.30. The number of pyridine rings is 1. The molecule has 8 heteroatoms. The highest BCUT2D eigenvalue weighted by Gasteiger charge is 2.51. The molecule has 2 aliphatic carbocycles. The van der Waals surface area contributed by atoms with E-state index in [1.54, 1.807) is 53.5 Å². The number of aryl methyl sites for hydroxylation is 1. The first-order chi connectivity index (χ1) is 15.3. The van der Waals surface area contributed by atoms with Crippen molar-refractivity contribution >= 4 is 33.3 Å². The summed E-state index contributed by atoms with van der Waals surface area (Å²) < 4.78 is 28.9. The van der Waals surface area contributed by atoms with Crippen LogP contribution in [-0.4, -0.2) is 34.2 Å². The Morgan fingerprint density at radius 1 is 1.22 bits per heavy atom. The van der Waals surface area contributed by atoms with E-state index < -0.39 is 20.5 Å². The average molecular weight is 468 g/mol. The van der Waals surface area contributed by atoms with Crippen molar-refractivity contribution in [3.63, 3.8) is 0 Å². The van der Waals surface area contributed by atoms with Crippen molar-refractivity contribution in [3.8, 4) is 0 Å². The van der Waals surface area contributed by atoms with E-state index >= 15 is 0 Å². The molecular formula is C24H22ClN3O3S. The van der Waals surface area contributed by atoms with Gasteiger partial charge in [-0.05, 0) is 67.7 Å². The van der Waals surface area contributed by atoms with Crippen LogP contribution in [0.1, 0.15) is 41.0 Å². The smallest absolute Gasteiger partial charge is 0.191 e. The lowest BCUT2D eigenvalue weighted by molar-refractivity contribution is 0.0796. The van der Waals surface area contributed by atoms with Crippen LogP contribution in [0.25, 0.3) is 6.08 Å². The summed E-state index contributed by atoms with van der Waals surface area (Å²) in [5.74, 6) is -0.134. The Kier molecular flexibility index (Phi) is 5.06. The number of rotatable bonds is 4. The molecular weight excluding hydrogens is 446 g/mol. The molecule has 1 fully saturated rings. The number of benzene rings is 1. The fourth-order valence-electron chi connectivity index (χ4n) is 5.04. The maximum absolute atomic E-state index is 13.9. The number of sulfone groups is 1. The summed E-state index contributed by atoms with van der Waals surface area (Å²) in [6.45, 7) is 0. The number of fused-ring (bicyclic) bond motifs is 2. The minimum absolute atomic E-state index is 0.134. The first-order valence-electron chi connectivity index (χ1n) is 10.5. The van der Waals surface area contributed by atoms with E-state index in [0.29, 0.717) is 30.0 Å². The molecule has 3 aromatic rings. The van der Waals surface area contributed by atoms with E-state index in [4.69, 9.17) is 11.6 Å². The molecule has 1 aromatic carbocycles. The summed E-state index contributed by atoms with van der Waals surface area (Å²) >= 11 is 6.07. The molecule has 2 heterocycles. The fourth-order valence-corrected chi connectivity index (χ4v) is 7.17. The summed E-state index contributed by atoms with van der Waals surface area (Å²) in [6, 6.07) is 11.6. The monoisotopic (exact) mass is 467 g/mol. The molecule has 2 aromatic heterocycles. The number of halogens is 1. The van der Waals surface area contributed by atoms with E-state index in [1.807, 2.05) is 13.1 Å². The zero-order chi connectivity index (χ0) is 22.5. The van der Waals surface area contributed by atoms with E-state index in [1.165, 1.54) is 6.07 Å². The third kappa shape index (κ3) is 3.31.